The first-order valence-electron chi connectivity index (χ1n) is 24.7. The molecule has 0 aliphatic carbocycles. The molecule has 1 unspecified atom stereocenters. The van der Waals surface area contributed by atoms with Gasteiger partial charge in [-0.3, -0.25) is 37.9 Å². The number of esters is 1. The molecule has 71 heavy (non-hydrogen) atoms. The molecule has 17 nitrogen and oxygen atoms in total. The molecule has 0 aromatic heterocycles. The van der Waals surface area contributed by atoms with Gasteiger partial charge in [-0.05, 0) is 74.0 Å². The summed E-state index contributed by atoms with van der Waals surface area (Å²) in [6.07, 6.45) is 2.00. The van der Waals surface area contributed by atoms with Crippen LogP contribution in [0, 0.1) is 11.8 Å². The number of nitrogens with zero attached hydrogens (tertiary/aromatic N) is 1. The smallest absolute Gasteiger partial charge is 0.306 e. The summed E-state index contributed by atoms with van der Waals surface area (Å²) in [6.45, 7) is 9.97. The van der Waals surface area contributed by atoms with Gasteiger partial charge in [-0.15, -0.1) is 0 Å². The maximum atomic E-state index is 14.4. The molecule has 5 N–H and O–H groups in total. The van der Waals surface area contributed by atoms with E-state index in [1.54, 1.807) is 30.3 Å². The number of benzene rings is 3. The van der Waals surface area contributed by atoms with Crippen molar-refractivity contribution in [3.05, 3.63) is 108 Å². The van der Waals surface area contributed by atoms with E-state index in [1.807, 2.05) is 93.3 Å². The van der Waals surface area contributed by atoms with Gasteiger partial charge < -0.3 is 35.8 Å². The molecule has 5 atom stereocenters. The van der Waals surface area contributed by atoms with E-state index in [9.17, 15) is 42.3 Å². The number of aryl methyl sites for hydroxylation is 1. The molecule has 1 saturated heterocycles. The standard InChI is InChI=1S/C53H75N5O12S/c1-38(2)32-44(49(61)53(5,65)37-70-71(66,67)31-17-9-16-24-48(60)69-36-42-22-14-8-15-23-42)55-52(64)46(34-41-20-12-7-13-21-41)57-51(63)45(33-39(3)4)56-50(62)43(26-25-40-18-10-6-11-19-40)54-47(59)35-58-27-29-68-30-28-58/h6-8,10-15,18-23,38-39,43-46,65H,9,16-17,24-37H2,1-5H3,(H,54,59)(H,55,64)(H,56,62)(H,57,63)/t43-,44-,45-,46+,53?/m0/s1. The molecule has 3 aromatic carbocycles. The Balaban J connectivity index is 1.42. The van der Waals surface area contributed by atoms with Crippen molar-refractivity contribution in [3.8, 4) is 0 Å². The van der Waals surface area contributed by atoms with Gasteiger partial charge in [-0.25, -0.2) is 0 Å². The van der Waals surface area contributed by atoms with Crippen molar-refractivity contribution in [3.63, 3.8) is 0 Å². The minimum absolute atomic E-state index is 0.00668. The van der Waals surface area contributed by atoms with E-state index < -0.39 is 81.7 Å². The molecule has 4 rings (SSSR count). The van der Waals surface area contributed by atoms with Gasteiger partial charge in [-0.1, -0.05) is 125 Å². The van der Waals surface area contributed by atoms with Gasteiger partial charge in [0.2, 0.25) is 23.6 Å². The number of aliphatic hydroxyl groups is 1. The second kappa shape index (κ2) is 29.7. The predicted octanol–water partition coefficient (Wildman–Crippen LogP) is 4.20. The number of hydrogen-bond donors (Lipinski definition) is 5. The van der Waals surface area contributed by atoms with Gasteiger partial charge in [0.15, 0.2) is 5.78 Å². The molecule has 0 bridgehead atoms. The van der Waals surface area contributed by atoms with Crippen LogP contribution in [0.2, 0.25) is 0 Å². The zero-order valence-corrected chi connectivity index (χ0v) is 42.8. The maximum absolute atomic E-state index is 14.4. The Hall–Kier alpha value is -5.53. The predicted molar refractivity (Wildman–Crippen MR) is 269 cm³/mol. The summed E-state index contributed by atoms with van der Waals surface area (Å²) in [6, 6.07) is 22.9. The minimum atomic E-state index is -4.21. The summed E-state index contributed by atoms with van der Waals surface area (Å²) >= 11 is 0. The van der Waals surface area contributed by atoms with E-state index in [1.165, 1.54) is 0 Å². The van der Waals surface area contributed by atoms with Gasteiger partial charge in [0.05, 0.1) is 31.6 Å². The summed E-state index contributed by atoms with van der Waals surface area (Å²) in [5.74, 6) is -4.30. The number of carbonyl (C=O) groups excluding carboxylic acids is 6. The highest BCUT2D eigenvalue weighted by Crippen LogP contribution is 2.18. The number of carbonyl (C=O) groups is 6. The van der Waals surface area contributed by atoms with Crippen LogP contribution < -0.4 is 21.3 Å². The first-order valence-corrected chi connectivity index (χ1v) is 26.3. The second-order valence-electron chi connectivity index (χ2n) is 19.3. The van der Waals surface area contributed by atoms with Gasteiger partial charge in [0.25, 0.3) is 10.1 Å². The number of Topliss-reactive ketones (excluding diaryl/α,β-unsaturated/α-hetero) is 1. The van der Waals surface area contributed by atoms with E-state index in [-0.39, 0.29) is 69.4 Å². The third-order valence-corrected chi connectivity index (χ3v) is 13.1. The Morgan fingerprint density at radius 2 is 1.20 bits per heavy atom. The van der Waals surface area contributed by atoms with Crippen LogP contribution in [0.1, 0.15) is 96.3 Å². The van der Waals surface area contributed by atoms with Crippen molar-refractivity contribution < 1.29 is 55.9 Å². The Kier molecular flexibility index (Phi) is 24.3. The molecule has 0 spiro atoms. The van der Waals surface area contributed by atoms with Crippen LogP contribution in [0.25, 0.3) is 0 Å². The SMILES string of the molecule is CC(C)C[C@H](NC(=O)[C@H](CCc1ccccc1)NC(=O)CN1CCOCC1)C(=O)N[C@H](Cc1ccccc1)C(=O)N[C@@H](CC(C)C)C(=O)C(C)(O)COS(=O)(=O)CCCCCC(=O)OCc1ccccc1. The first kappa shape index (κ1) is 58.0. The average Bonchev–Trinajstić information content (AvgIpc) is 3.34. The lowest BCUT2D eigenvalue weighted by Gasteiger charge is -2.30. The lowest BCUT2D eigenvalue weighted by Crippen LogP contribution is -2.60. The van der Waals surface area contributed by atoms with Gasteiger partial charge in [0, 0.05) is 25.9 Å². The number of amides is 4. The van der Waals surface area contributed by atoms with Crippen molar-refractivity contribution in [2.45, 2.75) is 129 Å². The fraction of sp³-hybridized carbons (Fsp3) is 0.547. The van der Waals surface area contributed by atoms with E-state index in [4.69, 9.17) is 13.7 Å². The van der Waals surface area contributed by atoms with Crippen molar-refractivity contribution in [1.82, 2.24) is 26.2 Å². The second-order valence-corrected chi connectivity index (χ2v) is 21.0. The number of rotatable bonds is 31. The quantitative estimate of drug-likeness (QED) is 0.0346. The topological polar surface area (TPSA) is 236 Å². The monoisotopic (exact) mass is 1010 g/mol. The Morgan fingerprint density at radius 3 is 1.80 bits per heavy atom. The van der Waals surface area contributed by atoms with Crippen LogP contribution in [0.15, 0.2) is 91.0 Å². The summed E-state index contributed by atoms with van der Waals surface area (Å²) < 4.78 is 41.6. The largest absolute Gasteiger partial charge is 0.461 e. The van der Waals surface area contributed by atoms with Crippen molar-refractivity contribution in [2.75, 3.05) is 45.2 Å². The molecule has 390 valence electrons. The highest BCUT2D eigenvalue weighted by atomic mass is 32.2. The molecular weight excluding hydrogens is 931 g/mol. The zero-order chi connectivity index (χ0) is 51.8. The molecular formula is C53H75N5O12S. The van der Waals surface area contributed by atoms with Crippen molar-refractivity contribution in [1.29, 1.82) is 0 Å². The lowest BCUT2D eigenvalue weighted by atomic mass is 9.90. The Bertz CT molecular complexity index is 2240. The molecule has 1 aliphatic heterocycles. The fourth-order valence-corrected chi connectivity index (χ4v) is 9.04. The van der Waals surface area contributed by atoms with Crippen LogP contribution in [-0.2, 0) is 72.0 Å². The third-order valence-electron chi connectivity index (χ3n) is 11.9. The van der Waals surface area contributed by atoms with E-state index in [2.05, 4.69) is 21.3 Å². The Labute approximate surface area is 419 Å². The van der Waals surface area contributed by atoms with Crippen LogP contribution in [0.3, 0.4) is 0 Å². The van der Waals surface area contributed by atoms with Gasteiger partial charge in [0.1, 0.15) is 36.9 Å². The molecule has 1 aliphatic rings. The molecule has 18 heteroatoms. The number of hydrogen-bond acceptors (Lipinski definition) is 13. The lowest BCUT2D eigenvalue weighted by molar-refractivity contribution is -0.145. The highest BCUT2D eigenvalue weighted by Gasteiger charge is 2.40. The molecule has 4 amide bonds. The van der Waals surface area contributed by atoms with Crippen molar-refractivity contribution in [2.24, 2.45) is 11.8 Å². The van der Waals surface area contributed by atoms with Gasteiger partial charge >= 0.3 is 5.97 Å². The van der Waals surface area contributed by atoms with E-state index >= 15 is 0 Å². The third kappa shape index (κ3) is 22.2. The number of ether oxygens (including phenoxy) is 2. The number of nitrogens with one attached hydrogen (secondary N) is 4. The number of unbranched alkanes of at least 4 members (excludes halogenated alkanes) is 2. The zero-order valence-electron chi connectivity index (χ0n) is 41.9. The normalized spacial score (nSPS) is 15.7. The molecule has 3 aromatic rings. The first-order chi connectivity index (χ1) is 33.8. The maximum Gasteiger partial charge on any atom is 0.306 e. The minimum Gasteiger partial charge on any atom is -0.461 e. The van der Waals surface area contributed by atoms with E-state index in [0.717, 1.165) is 18.1 Å². The highest BCUT2D eigenvalue weighted by molar-refractivity contribution is 7.86. The van der Waals surface area contributed by atoms with Crippen molar-refractivity contribution >= 4 is 45.5 Å². The van der Waals surface area contributed by atoms with E-state index in [0.29, 0.717) is 51.1 Å². The molecule has 0 radical (unpaired) electrons. The summed E-state index contributed by atoms with van der Waals surface area (Å²) in [7, 11) is -4.21. The number of morpholine rings is 1. The Morgan fingerprint density at radius 1 is 0.676 bits per heavy atom. The van der Waals surface area contributed by atoms with Crippen LogP contribution in [0.5, 0.6) is 0 Å². The molecule has 1 heterocycles. The number of ketones is 1. The van der Waals surface area contributed by atoms with Crippen LogP contribution in [-0.4, -0.2) is 129 Å². The van der Waals surface area contributed by atoms with Crippen LogP contribution in [0.4, 0.5) is 0 Å². The molecule has 1 fully saturated rings. The van der Waals surface area contributed by atoms with Gasteiger partial charge in [-0.2, -0.15) is 8.42 Å². The molecule has 0 saturated carbocycles. The average molecular weight is 1010 g/mol. The summed E-state index contributed by atoms with van der Waals surface area (Å²) in [4.78, 5) is 84.3. The summed E-state index contributed by atoms with van der Waals surface area (Å²) in [5.41, 5.74) is 0.140. The summed E-state index contributed by atoms with van der Waals surface area (Å²) in [5, 5.41) is 22.7. The van der Waals surface area contributed by atoms with Crippen LogP contribution >= 0.6 is 0 Å². The fourth-order valence-electron chi connectivity index (χ4n) is 7.95.